The Hall–Kier alpha value is -1.54. The molecule has 0 bridgehead atoms. The molecule has 0 saturated heterocycles. The molecule has 0 aliphatic carbocycles. The number of hydrogen-bond donors (Lipinski definition) is 2. The largest absolute Gasteiger partial charge is 0.472 e. The van der Waals surface area contributed by atoms with Crippen molar-refractivity contribution < 1.29 is 32.8 Å². The summed E-state index contributed by atoms with van der Waals surface area (Å²) in [5.74, 6) is -0.345. The third-order valence-corrected chi connectivity index (χ3v) is 9.95. The lowest BCUT2D eigenvalue weighted by atomic mass is 10.1. The quantitative estimate of drug-likeness (QED) is 0.0273. The zero-order chi connectivity index (χ0) is 38.8. The lowest BCUT2D eigenvalue weighted by Gasteiger charge is -2.20. The molecular weight excluding hydrogens is 685 g/mol. The van der Waals surface area contributed by atoms with Gasteiger partial charge in [0.2, 0.25) is 0 Å². The molecule has 2 unspecified atom stereocenters. The van der Waals surface area contributed by atoms with Crippen LogP contribution in [-0.2, 0) is 27.9 Å². The number of unbranched alkanes of at least 4 members (excludes halogenated alkanes) is 20. The summed E-state index contributed by atoms with van der Waals surface area (Å²) in [5.41, 5.74) is 5.36. The van der Waals surface area contributed by atoms with Crippen LogP contribution in [0.2, 0.25) is 0 Å². The highest BCUT2D eigenvalue weighted by atomic mass is 31.2. The lowest BCUT2D eigenvalue weighted by Crippen LogP contribution is -2.28. The van der Waals surface area contributed by atoms with Crippen molar-refractivity contribution in [2.75, 3.05) is 33.0 Å². The maximum atomic E-state index is 12.5. The molecule has 0 saturated carbocycles. The van der Waals surface area contributed by atoms with Crippen LogP contribution in [0, 0.1) is 0 Å². The van der Waals surface area contributed by atoms with Crippen molar-refractivity contribution in [3.63, 3.8) is 0 Å². The average molecular weight is 768 g/mol. The Morgan fingerprint density at radius 2 is 1.00 bits per heavy atom. The van der Waals surface area contributed by atoms with E-state index in [4.69, 9.17) is 24.3 Å². The van der Waals surface area contributed by atoms with Gasteiger partial charge in [0.05, 0.1) is 19.8 Å². The van der Waals surface area contributed by atoms with Gasteiger partial charge in [-0.2, -0.15) is 0 Å². The van der Waals surface area contributed by atoms with Crippen LogP contribution in [0.15, 0.2) is 48.6 Å². The molecule has 0 fully saturated rings. The molecule has 0 aromatic rings. The van der Waals surface area contributed by atoms with E-state index >= 15 is 0 Å². The van der Waals surface area contributed by atoms with Crippen molar-refractivity contribution in [2.45, 2.75) is 193 Å². The van der Waals surface area contributed by atoms with E-state index in [-0.39, 0.29) is 32.3 Å². The van der Waals surface area contributed by atoms with Gasteiger partial charge in [0.1, 0.15) is 6.10 Å². The zero-order valence-corrected chi connectivity index (χ0v) is 35.1. The SMILES string of the molecule is CCCCC/C=C\CCCCCCCC(=O)OC(COCCCCCCCCC/C=C\C/C=C\C/C=C\CCCCCCC)COP(=O)(O)OCCN. The van der Waals surface area contributed by atoms with Crippen LogP contribution in [0.3, 0.4) is 0 Å². The predicted octanol–water partition coefficient (Wildman–Crippen LogP) is 12.8. The van der Waals surface area contributed by atoms with Gasteiger partial charge in [-0.05, 0) is 77.0 Å². The number of phosphoric acid groups is 1. The summed E-state index contributed by atoms with van der Waals surface area (Å²) in [7, 11) is -4.28. The first-order chi connectivity index (χ1) is 25.9. The highest BCUT2D eigenvalue weighted by molar-refractivity contribution is 7.47. The second-order valence-electron chi connectivity index (χ2n) is 14.2. The Morgan fingerprint density at radius 3 is 1.55 bits per heavy atom. The van der Waals surface area contributed by atoms with Crippen LogP contribution in [-0.4, -0.2) is 49.9 Å². The van der Waals surface area contributed by atoms with Crippen LogP contribution < -0.4 is 5.73 Å². The number of esters is 1. The Balaban J connectivity index is 4.02. The smallest absolute Gasteiger partial charge is 0.457 e. The van der Waals surface area contributed by atoms with Crippen molar-refractivity contribution in [1.82, 2.24) is 0 Å². The molecule has 0 aromatic heterocycles. The average Bonchev–Trinajstić information content (AvgIpc) is 3.15. The van der Waals surface area contributed by atoms with Crippen molar-refractivity contribution in [1.29, 1.82) is 0 Å². The van der Waals surface area contributed by atoms with Gasteiger partial charge >= 0.3 is 13.8 Å². The lowest BCUT2D eigenvalue weighted by molar-refractivity contribution is -0.154. The predicted molar refractivity (Wildman–Crippen MR) is 224 cm³/mol. The number of carbonyl (C=O) groups excluding carboxylic acids is 1. The molecule has 3 N–H and O–H groups in total. The fourth-order valence-electron chi connectivity index (χ4n) is 5.76. The molecule has 0 heterocycles. The number of carbonyl (C=O) groups is 1. The van der Waals surface area contributed by atoms with Crippen LogP contribution in [0.1, 0.15) is 187 Å². The maximum absolute atomic E-state index is 12.5. The van der Waals surface area contributed by atoms with Crippen LogP contribution >= 0.6 is 7.82 Å². The third-order valence-electron chi connectivity index (χ3n) is 8.97. The first-order valence-corrected chi connectivity index (χ1v) is 23.1. The van der Waals surface area contributed by atoms with Gasteiger partial charge in [0, 0.05) is 19.6 Å². The number of phosphoric ester groups is 1. The number of nitrogens with two attached hydrogens (primary N) is 1. The molecule has 2 atom stereocenters. The summed E-state index contributed by atoms with van der Waals surface area (Å²) < 4.78 is 33.4. The van der Waals surface area contributed by atoms with E-state index in [1.807, 2.05) is 0 Å². The molecule has 310 valence electrons. The van der Waals surface area contributed by atoms with Crippen LogP contribution in [0.25, 0.3) is 0 Å². The second kappa shape index (κ2) is 41.6. The highest BCUT2D eigenvalue weighted by Crippen LogP contribution is 2.43. The summed E-state index contributed by atoms with van der Waals surface area (Å²) in [6, 6.07) is 0. The van der Waals surface area contributed by atoms with Gasteiger partial charge in [-0.25, -0.2) is 4.57 Å². The number of rotatable bonds is 41. The minimum absolute atomic E-state index is 0.0958. The van der Waals surface area contributed by atoms with E-state index in [1.54, 1.807) is 0 Å². The van der Waals surface area contributed by atoms with Gasteiger partial charge < -0.3 is 20.1 Å². The molecule has 0 amide bonds. The van der Waals surface area contributed by atoms with Crippen molar-refractivity contribution >= 4 is 13.8 Å². The van der Waals surface area contributed by atoms with Crippen LogP contribution in [0.4, 0.5) is 0 Å². The molecular formula is C44H82NO7P. The summed E-state index contributed by atoms with van der Waals surface area (Å²) >= 11 is 0. The molecule has 0 aliphatic heterocycles. The first kappa shape index (κ1) is 51.5. The summed E-state index contributed by atoms with van der Waals surface area (Å²) in [6.07, 6.45) is 48.4. The summed E-state index contributed by atoms with van der Waals surface area (Å²) in [6.45, 7) is 4.85. The number of allylic oxidation sites excluding steroid dienone is 8. The fourth-order valence-corrected chi connectivity index (χ4v) is 6.53. The number of ether oxygens (including phenoxy) is 2. The van der Waals surface area contributed by atoms with Crippen molar-refractivity contribution in [3.8, 4) is 0 Å². The standard InChI is InChI=1S/C44H82NO7P/c1-3-5-7-9-11-13-15-17-18-19-20-21-22-23-24-25-26-28-30-32-34-36-39-49-41-43(42-51-53(47,48)50-40-38-45)52-44(46)37-35-33-31-29-27-16-14-12-10-8-6-4-2/h12,14-15,17,19-20,22-23,43H,3-11,13,16,18,21,24-42,45H2,1-2H3,(H,47,48)/b14-12-,17-15-,20-19-,23-22-. The fraction of sp³-hybridized carbons (Fsp3) is 0.795. The molecule has 0 rings (SSSR count). The summed E-state index contributed by atoms with van der Waals surface area (Å²) in [4.78, 5) is 22.4. The molecule has 0 aromatic carbocycles. The zero-order valence-electron chi connectivity index (χ0n) is 34.2. The van der Waals surface area contributed by atoms with Crippen molar-refractivity contribution in [3.05, 3.63) is 48.6 Å². The summed E-state index contributed by atoms with van der Waals surface area (Å²) in [5, 5.41) is 0. The van der Waals surface area contributed by atoms with E-state index in [9.17, 15) is 14.3 Å². The Morgan fingerprint density at radius 1 is 0.566 bits per heavy atom. The Kier molecular flexibility index (Phi) is 40.4. The Labute approximate surface area is 326 Å². The molecule has 9 heteroatoms. The molecule has 8 nitrogen and oxygen atoms in total. The number of hydrogen-bond acceptors (Lipinski definition) is 7. The molecule has 0 radical (unpaired) electrons. The Bertz CT molecular complexity index is 952. The van der Waals surface area contributed by atoms with E-state index < -0.39 is 13.9 Å². The van der Waals surface area contributed by atoms with Crippen molar-refractivity contribution in [2.24, 2.45) is 5.73 Å². The molecule has 0 spiro atoms. The molecule has 0 aliphatic rings. The second-order valence-corrected chi connectivity index (χ2v) is 15.7. The normalized spacial score (nSPS) is 14.0. The van der Waals surface area contributed by atoms with E-state index in [0.29, 0.717) is 13.0 Å². The molecule has 53 heavy (non-hydrogen) atoms. The topological polar surface area (TPSA) is 117 Å². The van der Waals surface area contributed by atoms with Gasteiger partial charge in [-0.3, -0.25) is 13.8 Å². The van der Waals surface area contributed by atoms with E-state index in [0.717, 1.165) is 64.2 Å². The van der Waals surface area contributed by atoms with Gasteiger partial charge in [-0.15, -0.1) is 0 Å². The van der Waals surface area contributed by atoms with E-state index in [2.05, 4.69) is 62.5 Å². The monoisotopic (exact) mass is 768 g/mol. The minimum atomic E-state index is -4.28. The van der Waals surface area contributed by atoms with Gasteiger partial charge in [0.25, 0.3) is 0 Å². The first-order valence-electron chi connectivity index (χ1n) is 21.6. The minimum Gasteiger partial charge on any atom is -0.457 e. The highest BCUT2D eigenvalue weighted by Gasteiger charge is 2.25. The maximum Gasteiger partial charge on any atom is 0.472 e. The van der Waals surface area contributed by atoms with Gasteiger partial charge in [-0.1, -0.05) is 152 Å². The van der Waals surface area contributed by atoms with E-state index in [1.165, 1.54) is 103 Å². The van der Waals surface area contributed by atoms with Gasteiger partial charge in [0.15, 0.2) is 0 Å². The van der Waals surface area contributed by atoms with Crippen LogP contribution in [0.5, 0.6) is 0 Å². The third kappa shape index (κ3) is 41.5.